The second-order valence-corrected chi connectivity index (χ2v) is 14.1. The molecule has 0 aromatic heterocycles. The van der Waals surface area contributed by atoms with Crippen molar-refractivity contribution in [1.29, 1.82) is 0 Å². The van der Waals surface area contributed by atoms with Gasteiger partial charge in [0.05, 0.1) is 0 Å². The van der Waals surface area contributed by atoms with Crippen molar-refractivity contribution in [3.63, 3.8) is 0 Å². The molecule has 0 spiro atoms. The zero-order valence-electron chi connectivity index (χ0n) is 32.8. The van der Waals surface area contributed by atoms with E-state index < -0.39 is 0 Å². The summed E-state index contributed by atoms with van der Waals surface area (Å²) in [5.74, 6) is -0.119. The molecule has 288 valence electrons. The fourth-order valence-electron chi connectivity index (χ4n) is 6.12. The van der Waals surface area contributed by atoms with Crippen LogP contribution in [0.25, 0.3) is 0 Å². The molecule has 0 aliphatic carbocycles. The summed E-state index contributed by atoms with van der Waals surface area (Å²) in [6, 6.07) is 0. The molecule has 6 nitrogen and oxygen atoms in total. The highest BCUT2D eigenvalue weighted by atomic mass is 16.5. The molecule has 0 radical (unpaired) electrons. The first-order valence-electron chi connectivity index (χ1n) is 21.0. The number of carbonyl (C=O) groups is 2. The Hall–Kier alpha value is -2.18. The third kappa shape index (κ3) is 31.8. The predicted octanol–water partition coefficient (Wildman–Crippen LogP) is 11.3. The molecule has 1 saturated heterocycles. The number of hydrogen-bond acceptors (Lipinski definition) is 6. The van der Waals surface area contributed by atoms with Crippen LogP contribution in [-0.2, 0) is 19.1 Å². The number of esters is 2. The van der Waals surface area contributed by atoms with Gasteiger partial charge in [-0.1, -0.05) is 127 Å². The lowest BCUT2D eigenvalue weighted by Crippen LogP contribution is -2.48. The van der Waals surface area contributed by atoms with Gasteiger partial charge in [-0.3, -0.25) is 19.4 Å². The summed E-state index contributed by atoms with van der Waals surface area (Å²) in [6.45, 7) is 10.9. The molecule has 1 aliphatic heterocycles. The molecule has 50 heavy (non-hydrogen) atoms. The first-order chi connectivity index (χ1) is 24.7. The zero-order valence-corrected chi connectivity index (χ0v) is 32.8. The Morgan fingerprint density at radius 2 is 0.760 bits per heavy atom. The second-order valence-electron chi connectivity index (χ2n) is 14.1. The van der Waals surface area contributed by atoms with E-state index in [1.807, 2.05) is 0 Å². The van der Waals surface area contributed by atoms with E-state index in [1.165, 1.54) is 89.9 Å². The molecular weight excluding hydrogens is 620 g/mol. The van der Waals surface area contributed by atoms with Gasteiger partial charge in [0.1, 0.15) is 13.2 Å². The van der Waals surface area contributed by atoms with Gasteiger partial charge >= 0.3 is 11.9 Å². The number of nitrogens with zero attached hydrogens (tertiary/aromatic N) is 2. The maximum absolute atomic E-state index is 12.1. The topological polar surface area (TPSA) is 59.1 Å². The molecule has 1 fully saturated rings. The molecule has 0 aromatic rings. The standard InChI is InChI=1S/C44H78N2O4/c1-3-5-7-9-11-13-15-17-19-21-23-25-27-29-31-33-43(47)49-41-39-45-35-37-46(38-36-45)40-42-50-44(48)34-32-30-28-26-24-22-20-18-16-14-12-10-8-6-4-2/h11-14,17-20H,3-10,15-16,21-42H2,1-2H3/b13-11-,14-12-,19-17-,20-18-. The quantitative estimate of drug-likeness (QED) is 0.0379. The fraction of sp³-hybridized carbons (Fsp3) is 0.773. The number of ether oxygens (including phenoxy) is 2. The van der Waals surface area contributed by atoms with Gasteiger partial charge in [-0.25, -0.2) is 0 Å². The Bertz CT molecular complexity index is 816. The lowest BCUT2D eigenvalue weighted by atomic mass is 10.1. The van der Waals surface area contributed by atoms with E-state index in [9.17, 15) is 9.59 Å². The Labute approximate surface area is 309 Å². The average Bonchev–Trinajstić information content (AvgIpc) is 3.12. The van der Waals surface area contributed by atoms with Gasteiger partial charge in [0.25, 0.3) is 0 Å². The van der Waals surface area contributed by atoms with E-state index in [0.717, 1.165) is 90.6 Å². The predicted molar refractivity (Wildman–Crippen MR) is 214 cm³/mol. The van der Waals surface area contributed by atoms with E-state index in [0.29, 0.717) is 26.1 Å². The Morgan fingerprint density at radius 3 is 1.12 bits per heavy atom. The van der Waals surface area contributed by atoms with Crippen LogP contribution in [0.2, 0.25) is 0 Å². The molecular formula is C44H78N2O4. The average molecular weight is 699 g/mol. The van der Waals surface area contributed by atoms with E-state index in [4.69, 9.17) is 9.47 Å². The van der Waals surface area contributed by atoms with Gasteiger partial charge in [0.2, 0.25) is 0 Å². The summed E-state index contributed by atoms with van der Waals surface area (Å²) < 4.78 is 11.0. The van der Waals surface area contributed by atoms with Crippen molar-refractivity contribution in [3.05, 3.63) is 48.6 Å². The highest BCUT2D eigenvalue weighted by Crippen LogP contribution is 2.11. The molecule has 0 bridgehead atoms. The van der Waals surface area contributed by atoms with Crippen LogP contribution in [0.5, 0.6) is 0 Å². The van der Waals surface area contributed by atoms with Crippen molar-refractivity contribution < 1.29 is 19.1 Å². The normalized spacial score (nSPS) is 14.6. The Balaban J connectivity index is 1.87. The lowest BCUT2D eigenvalue weighted by Gasteiger charge is -2.34. The number of hydrogen-bond donors (Lipinski definition) is 0. The van der Waals surface area contributed by atoms with Gasteiger partial charge in [-0.15, -0.1) is 0 Å². The Kier molecular flexibility index (Phi) is 33.6. The number of piperazine rings is 1. The first kappa shape index (κ1) is 45.8. The van der Waals surface area contributed by atoms with Crippen LogP contribution in [-0.4, -0.2) is 74.2 Å². The fourth-order valence-corrected chi connectivity index (χ4v) is 6.12. The van der Waals surface area contributed by atoms with E-state index >= 15 is 0 Å². The molecule has 1 heterocycles. The zero-order chi connectivity index (χ0) is 36.0. The summed E-state index contributed by atoms with van der Waals surface area (Å²) in [5.41, 5.74) is 0. The van der Waals surface area contributed by atoms with Gasteiger partial charge in [0, 0.05) is 52.1 Å². The summed E-state index contributed by atoms with van der Waals surface area (Å²) >= 11 is 0. The third-order valence-corrected chi connectivity index (χ3v) is 9.47. The maximum Gasteiger partial charge on any atom is 0.305 e. The van der Waals surface area contributed by atoms with E-state index in [1.54, 1.807) is 0 Å². The van der Waals surface area contributed by atoms with Gasteiger partial charge in [0.15, 0.2) is 0 Å². The number of allylic oxidation sites excluding steroid dienone is 8. The van der Waals surface area contributed by atoms with Gasteiger partial charge in [-0.2, -0.15) is 0 Å². The maximum atomic E-state index is 12.1. The molecule has 6 heteroatoms. The van der Waals surface area contributed by atoms with Crippen LogP contribution in [0.15, 0.2) is 48.6 Å². The monoisotopic (exact) mass is 699 g/mol. The second kappa shape index (κ2) is 36.6. The third-order valence-electron chi connectivity index (χ3n) is 9.47. The summed E-state index contributed by atoms with van der Waals surface area (Å²) in [4.78, 5) is 29.0. The van der Waals surface area contributed by atoms with Crippen LogP contribution in [0.4, 0.5) is 0 Å². The van der Waals surface area contributed by atoms with Crippen LogP contribution >= 0.6 is 0 Å². The van der Waals surface area contributed by atoms with E-state index in [2.05, 4.69) is 72.3 Å². The van der Waals surface area contributed by atoms with E-state index in [-0.39, 0.29) is 11.9 Å². The highest BCUT2D eigenvalue weighted by molar-refractivity contribution is 5.69. The summed E-state index contributed by atoms with van der Waals surface area (Å²) in [7, 11) is 0. The number of carbonyl (C=O) groups excluding carboxylic acids is 2. The molecule has 0 saturated carbocycles. The van der Waals surface area contributed by atoms with Crippen LogP contribution in [0.1, 0.15) is 168 Å². The highest BCUT2D eigenvalue weighted by Gasteiger charge is 2.17. The molecule has 0 N–H and O–H groups in total. The molecule has 0 unspecified atom stereocenters. The Morgan fingerprint density at radius 1 is 0.440 bits per heavy atom. The minimum Gasteiger partial charge on any atom is -0.464 e. The van der Waals surface area contributed by atoms with Crippen molar-refractivity contribution >= 4 is 11.9 Å². The summed E-state index contributed by atoms with van der Waals surface area (Å²) in [6.07, 6.45) is 45.6. The summed E-state index contributed by atoms with van der Waals surface area (Å²) in [5, 5.41) is 0. The molecule has 1 rings (SSSR count). The van der Waals surface area contributed by atoms with Crippen LogP contribution in [0.3, 0.4) is 0 Å². The number of rotatable bonds is 34. The minimum atomic E-state index is -0.0593. The van der Waals surface area contributed by atoms with Crippen molar-refractivity contribution in [1.82, 2.24) is 9.80 Å². The van der Waals surface area contributed by atoms with Crippen molar-refractivity contribution in [3.8, 4) is 0 Å². The smallest absolute Gasteiger partial charge is 0.305 e. The first-order valence-corrected chi connectivity index (χ1v) is 21.0. The van der Waals surface area contributed by atoms with Crippen molar-refractivity contribution in [2.24, 2.45) is 0 Å². The SMILES string of the molecule is CCCCC/C=C\C/C=C\CCCCCCCC(=O)OCCN1CCN(CCOC(=O)CCCCCCC/C=C\C/C=C\CCCCC)CC1. The molecule has 0 aromatic carbocycles. The lowest BCUT2D eigenvalue weighted by molar-refractivity contribution is -0.145. The van der Waals surface area contributed by atoms with Crippen LogP contribution in [0, 0.1) is 0 Å². The largest absolute Gasteiger partial charge is 0.464 e. The molecule has 0 atom stereocenters. The van der Waals surface area contributed by atoms with Gasteiger partial charge < -0.3 is 9.47 Å². The van der Waals surface area contributed by atoms with Crippen molar-refractivity contribution in [2.45, 2.75) is 168 Å². The van der Waals surface area contributed by atoms with Crippen LogP contribution < -0.4 is 0 Å². The molecule has 0 amide bonds. The number of unbranched alkanes of at least 4 members (excludes halogenated alkanes) is 16. The van der Waals surface area contributed by atoms with Crippen molar-refractivity contribution in [2.75, 3.05) is 52.5 Å². The molecule has 1 aliphatic rings. The van der Waals surface area contributed by atoms with Gasteiger partial charge in [-0.05, 0) is 77.0 Å². The minimum absolute atomic E-state index is 0.0593.